The Hall–Kier alpha value is -3.34. The minimum Gasteiger partial charge on any atom is -0.406 e. The smallest absolute Gasteiger partial charge is 0.406 e. The van der Waals surface area contributed by atoms with Gasteiger partial charge in [-0.25, -0.2) is 4.98 Å². The minimum atomic E-state index is -4.77. The van der Waals surface area contributed by atoms with Gasteiger partial charge in [-0.2, -0.15) is 0 Å². The molecule has 1 fully saturated rings. The maximum absolute atomic E-state index is 13.2. The number of amides is 1. The van der Waals surface area contributed by atoms with Crippen molar-refractivity contribution >= 4 is 17.4 Å². The van der Waals surface area contributed by atoms with Crippen molar-refractivity contribution in [1.29, 1.82) is 0 Å². The Labute approximate surface area is 201 Å². The van der Waals surface area contributed by atoms with Crippen LogP contribution in [0.1, 0.15) is 27.2 Å². The highest BCUT2D eigenvalue weighted by atomic mass is 19.4. The number of fused-ring (bicyclic) bond motifs is 1. The first kappa shape index (κ1) is 24.8. The number of ether oxygens (including phenoxy) is 1. The Morgan fingerprint density at radius 2 is 1.83 bits per heavy atom. The molecule has 1 saturated heterocycles. The lowest BCUT2D eigenvalue weighted by Gasteiger charge is -2.38. The van der Waals surface area contributed by atoms with Crippen molar-refractivity contribution in [3.63, 3.8) is 0 Å². The molecule has 0 aliphatic carbocycles. The van der Waals surface area contributed by atoms with E-state index in [4.69, 9.17) is 0 Å². The number of benzene rings is 1. The molecule has 0 radical (unpaired) electrons. The van der Waals surface area contributed by atoms with Crippen molar-refractivity contribution in [2.45, 2.75) is 45.6 Å². The number of hydrogen-bond acceptors (Lipinski definition) is 6. The number of hydrogen-bond donors (Lipinski definition) is 1. The van der Waals surface area contributed by atoms with Gasteiger partial charge in [0.05, 0.1) is 6.20 Å². The number of alkyl halides is 3. The molecule has 1 N–H and O–H groups in total. The van der Waals surface area contributed by atoms with Crippen LogP contribution in [-0.4, -0.2) is 74.7 Å². The average molecular weight is 491 g/mol. The molecule has 2 aromatic heterocycles. The fourth-order valence-electron chi connectivity index (χ4n) is 4.24. The second kappa shape index (κ2) is 10.1. The van der Waals surface area contributed by atoms with Gasteiger partial charge < -0.3 is 15.0 Å². The summed E-state index contributed by atoms with van der Waals surface area (Å²) in [7, 11) is 0. The normalized spacial score (nSPS) is 16.8. The average Bonchev–Trinajstić information content (AvgIpc) is 3.21. The van der Waals surface area contributed by atoms with Crippen LogP contribution in [0.5, 0.6) is 5.75 Å². The Balaban J connectivity index is 1.54. The van der Waals surface area contributed by atoms with Crippen molar-refractivity contribution in [2.24, 2.45) is 0 Å². The van der Waals surface area contributed by atoms with E-state index < -0.39 is 12.4 Å². The molecule has 3 aromatic rings. The highest BCUT2D eigenvalue weighted by molar-refractivity contribution is 5.86. The van der Waals surface area contributed by atoms with Gasteiger partial charge in [0.1, 0.15) is 23.3 Å². The van der Waals surface area contributed by atoms with Gasteiger partial charge in [-0.3, -0.25) is 19.1 Å². The van der Waals surface area contributed by atoms with Crippen LogP contribution in [0.15, 0.2) is 42.9 Å². The zero-order valence-corrected chi connectivity index (χ0v) is 19.9. The first-order valence-electron chi connectivity index (χ1n) is 11.6. The van der Waals surface area contributed by atoms with Gasteiger partial charge in [-0.05, 0) is 44.5 Å². The van der Waals surface area contributed by atoms with Gasteiger partial charge in [0, 0.05) is 50.2 Å². The number of halogens is 3. The third-order valence-electron chi connectivity index (χ3n) is 6.36. The molecule has 0 spiro atoms. The fourth-order valence-corrected chi connectivity index (χ4v) is 4.24. The number of piperazine rings is 1. The molecule has 4 rings (SSSR count). The molecule has 1 aliphatic heterocycles. The molecule has 0 bridgehead atoms. The summed E-state index contributed by atoms with van der Waals surface area (Å²) in [6, 6.07) is 5.43. The number of carbonyl (C=O) groups excluding carboxylic acids is 1. The molecule has 35 heavy (non-hydrogen) atoms. The number of rotatable bonds is 7. The lowest BCUT2D eigenvalue weighted by atomic mass is 10.1. The Bertz CT molecular complexity index is 1160. The number of aromatic nitrogens is 3. The molecular formula is C24H29F3N6O2. The van der Waals surface area contributed by atoms with Crippen molar-refractivity contribution in [3.8, 4) is 17.0 Å². The van der Waals surface area contributed by atoms with Crippen LogP contribution in [0.3, 0.4) is 0 Å². The molecule has 188 valence electrons. The zero-order chi connectivity index (χ0) is 25.2. The quantitative estimate of drug-likeness (QED) is 0.539. The lowest BCUT2D eigenvalue weighted by Crippen LogP contribution is -2.54. The molecule has 1 aliphatic rings. The van der Waals surface area contributed by atoms with E-state index in [2.05, 4.69) is 38.8 Å². The van der Waals surface area contributed by atoms with E-state index in [1.807, 2.05) is 4.90 Å². The summed E-state index contributed by atoms with van der Waals surface area (Å²) < 4.78 is 43.3. The van der Waals surface area contributed by atoms with Crippen LogP contribution in [-0.2, 0) is 4.79 Å². The number of nitrogens with zero attached hydrogens (tertiary/aromatic N) is 5. The molecule has 3 heterocycles. The van der Waals surface area contributed by atoms with E-state index in [-0.39, 0.29) is 11.7 Å². The van der Waals surface area contributed by atoms with E-state index in [0.717, 1.165) is 19.5 Å². The monoisotopic (exact) mass is 490 g/mol. The van der Waals surface area contributed by atoms with Gasteiger partial charge in [-0.1, -0.05) is 6.92 Å². The van der Waals surface area contributed by atoms with Gasteiger partial charge >= 0.3 is 6.36 Å². The number of anilines is 1. The predicted molar refractivity (Wildman–Crippen MR) is 126 cm³/mol. The van der Waals surface area contributed by atoms with E-state index >= 15 is 0 Å². The lowest BCUT2D eigenvalue weighted by molar-refractivity contribution is -0.274. The van der Waals surface area contributed by atoms with Crippen LogP contribution < -0.4 is 10.1 Å². The van der Waals surface area contributed by atoms with Crippen molar-refractivity contribution < 1.29 is 22.7 Å². The van der Waals surface area contributed by atoms with Crippen molar-refractivity contribution in [2.75, 3.05) is 31.5 Å². The maximum atomic E-state index is 13.2. The SMILES string of the molecule is CCC(C)N1CCN(C(=O)C(C)Nc2c(-c3ccc(OC(F)(F)F)cc3)nc3cnccn23)CC1. The van der Waals surface area contributed by atoms with Gasteiger partial charge in [0.2, 0.25) is 5.91 Å². The third kappa shape index (κ3) is 5.67. The summed E-state index contributed by atoms with van der Waals surface area (Å²) in [5.74, 6) is 0.227. The molecule has 2 unspecified atom stereocenters. The first-order valence-corrected chi connectivity index (χ1v) is 11.6. The predicted octanol–water partition coefficient (Wildman–Crippen LogP) is 4.04. The third-order valence-corrected chi connectivity index (χ3v) is 6.36. The van der Waals surface area contributed by atoms with Crippen LogP contribution in [0, 0.1) is 0 Å². The molecule has 8 nitrogen and oxygen atoms in total. The summed E-state index contributed by atoms with van der Waals surface area (Å²) in [5.41, 5.74) is 1.62. The van der Waals surface area contributed by atoms with Crippen molar-refractivity contribution in [3.05, 3.63) is 42.9 Å². The Morgan fingerprint density at radius 3 is 2.46 bits per heavy atom. The highest BCUT2D eigenvalue weighted by Crippen LogP contribution is 2.31. The van der Waals surface area contributed by atoms with E-state index in [9.17, 15) is 18.0 Å². The second-order valence-electron chi connectivity index (χ2n) is 8.67. The minimum absolute atomic E-state index is 0.0160. The Kier molecular flexibility index (Phi) is 7.15. The maximum Gasteiger partial charge on any atom is 0.573 e. The van der Waals surface area contributed by atoms with E-state index in [0.29, 0.717) is 41.9 Å². The van der Waals surface area contributed by atoms with Crippen molar-refractivity contribution in [1.82, 2.24) is 24.2 Å². The number of imidazole rings is 1. The number of nitrogens with one attached hydrogen (secondary N) is 1. The van der Waals surface area contributed by atoms with E-state index in [1.54, 1.807) is 29.9 Å². The van der Waals surface area contributed by atoms with Gasteiger partial charge in [0.15, 0.2) is 5.65 Å². The summed E-state index contributed by atoms with van der Waals surface area (Å²) in [5, 5.41) is 3.28. The van der Waals surface area contributed by atoms with Crippen LogP contribution in [0.2, 0.25) is 0 Å². The topological polar surface area (TPSA) is 75.0 Å². The summed E-state index contributed by atoms with van der Waals surface area (Å²) in [6.45, 7) is 9.17. The number of carbonyl (C=O) groups is 1. The largest absolute Gasteiger partial charge is 0.573 e. The molecule has 1 aromatic carbocycles. The van der Waals surface area contributed by atoms with Gasteiger partial charge in [0.25, 0.3) is 0 Å². The summed E-state index contributed by atoms with van der Waals surface area (Å²) in [6.07, 6.45) is 1.21. The molecule has 1 amide bonds. The fraction of sp³-hybridized carbons (Fsp3) is 0.458. The highest BCUT2D eigenvalue weighted by Gasteiger charge is 2.31. The van der Waals surface area contributed by atoms with Gasteiger partial charge in [-0.15, -0.1) is 13.2 Å². The molecule has 11 heteroatoms. The standard InChI is InChI=1S/C24H29F3N6O2/c1-4-16(2)31-11-13-32(14-12-31)23(34)17(3)29-22-21(30-20-15-28-9-10-33(20)22)18-5-7-19(8-6-18)35-24(25,26)27/h5-10,15-17,29H,4,11-14H2,1-3H3. The zero-order valence-electron chi connectivity index (χ0n) is 19.9. The van der Waals surface area contributed by atoms with E-state index in [1.165, 1.54) is 24.3 Å². The van der Waals surface area contributed by atoms with Crippen LogP contribution >= 0.6 is 0 Å². The molecule has 0 saturated carbocycles. The summed E-state index contributed by atoms with van der Waals surface area (Å²) >= 11 is 0. The molecule has 2 atom stereocenters. The van der Waals surface area contributed by atoms with Crippen LogP contribution in [0.4, 0.5) is 19.0 Å². The molecular weight excluding hydrogens is 461 g/mol. The second-order valence-corrected chi connectivity index (χ2v) is 8.67. The first-order chi connectivity index (χ1) is 16.7. The van der Waals surface area contributed by atoms with Crippen LogP contribution in [0.25, 0.3) is 16.9 Å². The summed E-state index contributed by atoms with van der Waals surface area (Å²) in [4.78, 5) is 26.2. The Morgan fingerprint density at radius 1 is 1.14 bits per heavy atom.